The zero-order valence-corrected chi connectivity index (χ0v) is 17.4. The van der Waals surface area contributed by atoms with Crippen molar-refractivity contribution in [1.82, 2.24) is 9.88 Å². The van der Waals surface area contributed by atoms with Crippen LogP contribution in [0.4, 0.5) is 0 Å². The number of nitrogens with zero attached hydrogens (tertiary/aromatic N) is 2. The lowest BCUT2D eigenvalue weighted by Gasteiger charge is -2.38. The van der Waals surface area contributed by atoms with Crippen molar-refractivity contribution in [1.29, 1.82) is 0 Å². The van der Waals surface area contributed by atoms with Crippen LogP contribution < -0.4 is 0 Å². The molecule has 0 N–H and O–H groups in total. The molecule has 0 spiro atoms. The van der Waals surface area contributed by atoms with E-state index < -0.39 is 5.97 Å². The Kier molecular flexibility index (Phi) is 5.62. The monoisotopic (exact) mass is 408 g/mol. The zero-order valence-electron chi connectivity index (χ0n) is 16.6. The van der Waals surface area contributed by atoms with Crippen molar-refractivity contribution in [3.8, 4) is 10.6 Å². The van der Waals surface area contributed by atoms with Gasteiger partial charge in [0.15, 0.2) is 6.61 Å². The second-order valence-corrected chi connectivity index (χ2v) is 8.57. The Morgan fingerprint density at radius 1 is 1.07 bits per heavy atom. The summed E-state index contributed by atoms with van der Waals surface area (Å²) < 4.78 is 6.49. The summed E-state index contributed by atoms with van der Waals surface area (Å²) in [6.07, 6.45) is 3.11. The summed E-state index contributed by atoms with van der Waals surface area (Å²) in [6, 6.07) is 15.5. The molecule has 150 valence electrons. The topological polar surface area (TPSA) is 59.5 Å². The van der Waals surface area contributed by atoms with Gasteiger partial charge in [-0.1, -0.05) is 30.3 Å². The highest BCUT2D eigenvalue weighted by atomic mass is 32.1. The van der Waals surface area contributed by atoms with E-state index in [0.717, 1.165) is 40.1 Å². The van der Waals surface area contributed by atoms with Crippen LogP contribution in [0.1, 0.15) is 43.5 Å². The smallest absolute Gasteiger partial charge is 0.339 e. The molecule has 0 saturated carbocycles. The fourth-order valence-corrected chi connectivity index (χ4v) is 5.03. The van der Waals surface area contributed by atoms with Crippen molar-refractivity contribution in [3.63, 3.8) is 0 Å². The molecule has 5 nitrogen and oxygen atoms in total. The van der Waals surface area contributed by atoms with Crippen LogP contribution in [0.5, 0.6) is 0 Å². The number of fused-ring (bicyclic) bond motifs is 1. The van der Waals surface area contributed by atoms with E-state index in [9.17, 15) is 9.59 Å². The van der Waals surface area contributed by atoms with Gasteiger partial charge in [0.25, 0.3) is 5.91 Å². The van der Waals surface area contributed by atoms with Gasteiger partial charge in [-0.05, 0) is 51.3 Å². The van der Waals surface area contributed by atoms with Crippen molar-refractivity contribution in [2.75, 3.05) is 6.61 Å². The number of hydrogen-bond donors (Lipinski definition) is 0. The van der Waals surface area contributed by atoms with Gasteiger partial charge in [-0.3, -0.25) is 4.79 Å². The van der Waals surface area contributed by atoms with Crippen LogP contribution in [-0.4, -0.2) is 40.5 Å². The van der Waals surface area contributed by atoms with Gasteiger partial charge in [0.1, 0.15) is 5.01 Å². The van der Waals surface area contributed by atoms with Crippen LogP contribution >= 0.6 is 11.3 Å². The van der Waals surface area contributed by atoms with Crippen LogP contribution in [0, 0.1) is 0 Å². The third kappa shape index (κ3) is 4.03. The third-order valence-electron chi connectivity index (χ3n) is 5.48. The summed E-state index contributed by atoms with van der Waals surface area (Å²) in [5, 5.41) is 0.767. The standard InChI is InChI=1S/C23H24N2O3S/c1-15-8-7-9-16(2)25(15)21(26)14-28-23(27)18-11-4-3-10-17(18)22-24-19-12-5-6-13-20(19)29-22/h3-6,10-13,15-16H,7-9,14H2,1-2H3/t15-,16-/m1/s1. The lowest BCUT2D eigenvalue weighted by atomic mass is 9.97. The minimum atomic E-state index is -0.495. The first-order chi connectivity index (χ1) is 14.0. The van der Waals surface area contributed by atoms with E-state index in [1.165, 1.54) is 11.3 Å². The Hall–Kier alpha value is -2.73. The van der Waals surface area contributed by atoms with Crippen LogP contribution in [-0.2, 0) is 9.53 Å². The normalized spacial score (nSPS) is 19.3. The lowest BCUT2D eigenvalue weighted by molar-refractivity contribution is -0.140. The first-order valence-electron chi connectivity index (χ1n) is 9.98. The van der Waals surface area contributed by atoms with E-state index in [1.807, 2.05) is 41.3 Å². The van der Waals surface area contributed by atoms with E-state index in [4.69, 9.17) is 4.74 Å². The summed E-state index contributed by atoms with van der Waals surface area (Å²) in [6.45, 7) is 3.87. The molecule has 0 bridgehead atoms. The SMILES string of the molecule is C[C@@H]1CCC[C@@H](C)N1C(=O)COC(=O)c1ccccc1-c1nc2ccccc2s1. The van der Waals surface area contributed by atoms with Gasteiger partial charge in [-0.2, -0.15) is 0 Å². The highest BCUT2D eigenvalue weighted by Gasteiger charge is 2.29. The van der Waals surface area contributed by atoms with Gasteiger partial charge in [-0.25, -0.2) is 9.78 Å². The maximum Gasteiger partial charge on any atom is 0.339 e. The minimum Gasteiger partial charge on any atom is -0.452 e. The molecule has 4 rings (SSSR count). The maximum absolute atomic E-state index is 12.8. The molecular weight excluding hydrogens is 384 g/mol. The molecule has 2 atom stereocenters. The van der Waals surface area contributed by atoms with Crippen molar-refractivity contribution in [2.45, 2.75) is 45.2 Å². The predicted molar refractivity (Wildman–Crippen MR) is 115 cm³/mol. The van der Waals surface area contributed by atoms with E-state index in [0.29, 0.717) is 5.56 Å². The summed E-state index contributed by atoms with van der Waals surface area (Å²) in [4.78, 5) is 32.0. The predicted octanol–water partition coefficient (Wildman–Crippen LogP) is 4.91. The molecule has 3 aromatic rings. The van der Waals surface area contributed by atoms with Gasteiger partial charge in [0, 0.05) is 17.6 Å². The van der Waals surface area contributed by atoms with Crippen LogP contribution in [0.2, 0.25) is 0 Å². The molecule has 1 fully saturated rings. The van der Waals surface area contributed by atoms with Gasteiger partial charge < -0.3 is 9.64 Å². The minimum absolute atomic E-state index is 0.129. The number of ether oxygens (including phenoxy) is 1. The van der Waals surface area contributed by atoms with Crippen molar-refractivity contribution < 1.29 is 14.3 Å². The van der Waals surface area contributed by atoms with Crippen molar-refractivity contribution >= 4 is 33.4 Å². The summed E-state index contributed by atoms with van der Waals surface area (Å²) >= 11 is 1.54. The summed E-state index contributed by atoms with van der Waals surface area (Å²) in [7, 11) is 0. The number of rotatable bonds is 4. The van der Waals surface area contributed by atoms with Crippen LogP contribution in [0.3, 0.4) is 0 Å². The molecule has 1 aliphatic heterocycles. The highest BCUT2D eigenvalue weighted by molar-refractivity contribution is 7.21. The Balaban J connectivity index is 1.51. The average molecular weight is 409 g/mol. The number of esters is 1. The fraction of sp³-hybridized carbons (Fsp3) is 0.348. The molecule has 1 amide bonds. The first kappa shape index (κ1) is 19.6. The van der Waals surface area contributed by atoms with E-state index in [1.54, 1.807) is 12.1 Å². The molecule has 0 unspecified atom stereocenters. The number of para-hydroxylation sites is 1. The zero-order chi connectivity index (χ0) is 20.4. The number of thiazole rings is 1. The number of aromatic nitrogens is 1. The Bertz CT molecular complexity index is 1000. The average Bonchev–Trinajstić information content (AvgIpc) is 3.16. The van der Waals surface area contributed by atoms with Gasteiger partial charge >= 0.3 is 5.97 Å². The lowest BCUT2D eigenvalue weighted by Crippen LogP contribution is -2.49. The number of likely N-dealkylation sites (tertiary alicyclic amines) is 1. The molecule has 2 heterocycles. The van der Waals surface area contributed by atoms with Crippen LogP contribution in [0.25, 0.3) is 20.8 Å². The number of carbonyl (C=O) groups is 2. The van der Waals surface area contributed by atoms with E-state index >= 15 is 0 Å². The summed E-state index contributed by atoms with van der Waals surface area (Å²) in [5.74, 6) is -0.624. The number of hydrogen-bond acceptors (Lipinski definition) is 5. The molecule has 0 aliphatic carbocycles. The first-order valence-corrected chi connectivity index (χ1v) is 10.8. The third-order valence-corrected chi connectivity index (χ3v) is 6.55. The number of carbonyl (C=O) groups excluding carboxylic acids is 2. The molecule has 29 heavy (non-hydrogen) atoms. The molecule has 2 aromatic carbocycles. The number of amides is 1. The van der Waals surface area contributed by atoms with Gasteiger partial charge in [0.05, 0.1) is 15.8 Å². The Morgan fingerprint density at radius 3 is 2.52 bits per heavy atom. The molecule has 6 heteroatoms. The Morgan fingerprint density at radius 2 is 1.76 bits per heavy atom. The van der Waals surface area contributed by atoms with Gasteiger partial charge in [0.2, 0.25) is 0 Å². The molecule has 0 radical (unpaired) electrons. The molecule has 1 aromatic heterocycles. The van der Waals surface area contributed by atoms with Gasteiger partial charge in [-0.15, -0.1) is 11.3 Å². The number of piperidine rings is 1. The second kappa shape index (κ2) is 8.33. The second-order valence-electron chi connectivity index (χ2n) is 7.54. The summed E-state index contributed by atoms with van der Waals surface area (Å²) in [5.41, 5.74) is 2.06. The highest BCUT2D eigenvalue weighted by Crippen LogP contribution is 2.32. The number of benzene rings is 2. The van der Waals surface area contributed by atoms with Crippen molar-refractivity contribution in [3.05, 3.63) is 54.1 Å². The van der Waals surface area contributed by atoms with E-state index in [2.05, 4.69) is 18.8 Å². The maximum atomic E-state index is 12.8. The van der Waals surface area contributed by atoms with E-state index in [-0.39, 0.29) is 24.6 Å². The molecular formula is C23H24N2O3S. The van der Waals surface area contributed by atoms with Crippen LogP contribution in [0.15, 0.2) is 48.5 Å². The largest absolute Gasteiger partial charge is 0.452 e. The Labute approximate surface area is 174 Å². The molecule has 1 aliphatic rings. The fourth-order valence-electron chi connectivity index (χ4n) is 4.03. The quantitative estimate of drug-likeness (QED) is 0.576. The molecule has 1 saturated heterocycles. The van der Waals surface area contributed by atoms with Crippen molar-refractivity contribution in [2.24, 2.45) is 0 Å².